The van der Waals surface area contributed by atoms with Crippen LogP contribution in [0.1, 0.15) is 37.3 Å². The van der Waals surface area contributed by atoms with Crippen LogP contribution >= 0.6 is 0 Å². The Balaban J connectivity index is 1.36. The molecule has 1 aromatic rings. The van der Waals surface area contributed by atoms with E-state index < -0.39 is 0 Å². The minimum absolute atomic E-state index is 0.0228. The highest BCUT2D eigenvalue weighted by Crippen LogP contribution is 2.30. The molecule has 128 valence electrons. The molecule has 3 aliphatic rings. The third-order valence-electron chi connectivity index (χ3n) is 5.63. The fourth-order valence-corrected chi connectivity index (χ4v) is 3.89. The van der Waals surface area contributed by atoms with Crippen LogP contribution in [0.2, 0.25) is 0 Å². The fraction of sp³-hybridized carbons (Fsp3) is 0.579. The van der Waals surface area contributed by atoms with E-state index >= 15 is 0 Å². The predicted molar refractivity (Wildman–Crippen MR) is 91.3 cm³/mol. The highest BCUT2D eigenvalue weighted by Gasteiger charge is 2.41. The molecule has 0 unspecified atom stereocenters. The summed E-state index contributed by atoms with van der Waals surface area (Å²) in [6.45, 7) is 4.43. The van der Waals surface area contributed by atoms with Crippen molar-refractivity contribution in [1.82, 2.24) is 15.1 Å². The number of hydrogen-bond donors (Lipinski definition) is 1. The van der Waals surface area contributed by atoms with Gasteiger partial charge in [-0.15, -0.1) is 0 Å². The first-order valence-electron chi connectivity index (χ1n) is 9.05. The summed E-state index contributed by atoms with van der Waals surface area (Å²) in [5.41, 5.74) is 2.69. The number of nitrogens with one attached hydrogen (secondary N) is 1. The standard InChI is InChI=1S/C19H25N3O2/c1-13(21-10-8-14-4-2-3-5-15(14)12-21)18(23)20-17-9-11-22(19(17)24)16-6-7-16/h2-5,13,16-17H,6-12H2,1H3,(H,20,23)/t13-,17+/m1/s1. The van der Waals surface area contributed by atoms with E-state index in [0.717, 1.165) is 45.3 Å². The van der Waals surface area contributed by atoms with Crippen LogP contribution in [0.25, 0.3) is 0 Å². The van der Waals surface area contributed by atoms with E-state index in [1.807, 2.05) is 11.8 Å². The van der Waals surface area contributed by atoms with Crippen molar-refractivity contribution in [3.8, 4) is 0 Å². The molecule has 0 aromatic heterocycles. The van der Waals surface area contributed by atoms with Crippen LogP contribution in [0.5, 0.6) is 0 Å². The van der Waals surface area contributed by atoms with Gasteiger partial charge in [-0.05, 0) is 43.7 Å². The van der Waals surface area contributed by atoms with Gasteiger partial charge in [-0.3, -0.25) is 14.5 Å². The first-order chi connectivity index (χ1) is 11.6. The molecule has 24 heavy (non-hydrogen) atoms. The number of nitrogens with zero attached hydrogens (tertiary/aromatic N) is 2. The molecule has 5 heteroatoms. The third-order valence-corrected chi connectivity index (χ3v) is 5.63. The first-order valence-corrected chi connectivity index (χ1v) is 9.05. The maximum absolute atomic E-state index is 12.6. The highest BCUT2D eigenvalue weighted by atomic mass is 16.2. The number of carbonyl (C=O) groups is 2. The van der Waals surface area contributed by atoms with Crippen LogP contribution in [0.15, 0.2) is 24.3 Å². The summed E-state index contributed by atoms with van der Waals surface area (Å²) in [5.74, 6) is 0.0902. The zero-order valence-corrected chi connectivity index (χ0v) is 14.2. The van der Waals surface area contributed by atoms with Crippen LogP contribution < -0.4 is 5.32 Å². The van der Waals surface area contributed by atoms with Gasteiger partial charge in [-0.2, -0.15) is 0 Å². The minimum atomic E-state index is -0.322. The van der Waals surface area contributed by atoms with Gasteiger partial charge in [0.05, 0.1) is 6.04 Å². The predicted octanol–water partition coefficient (Wildman–Crippen LogP) is 1.31. The summed E-state index contributed by atoms with van der Waals surface area (Å²) in [4.78, 5) is 29.2. The number of rotatable bonds is 4. The van der Waals surface area contributed by atoms with E-state index in [9.17, 15) is 9.59 Å². The Kier molecular flexibility index (Phi) is 4.04. The van der Waals surface area contributed by atoms with Crippen molar-refractivity contribution in [1.29, 1.82) is 0 Å². The highest BCUT2D eigenvalue weighted by molar-refractivity contribution is 5.91. The average molecular weight is 327 g/mol. The van der Waals surface area contributed by atoms with E-state index in [4.69, 9.17) is 0 Å². The van der Waals surface area contributed by atoms with E-state index in [0.29, 0.717) is 6.04 Å². The summed E-state index contributed by atoms with van der Waals surface area (Å²) in [7, 11) is 0. The second kappa shape index (κ2) is 6.20. The van der Waals surface area contributed by atoms with Gasteiger partial charge in [0.1, 0.15) is 6.04 Å². The first kappa shape index (κ1) is 15.6. The van der Waals surface area contributed by atoms with E-state index in [2.05, 4.69) is 34.5 Å². The Bertz CT molecular complexity index is 656. The molecule has 2 atom stereocenters. The molecule has 2 fully saturated rings. The molecular weight excluding hydrogens is 302 g/mol. The van der Waals surface area contributed by atoms with Crippen LogP contribution in [-0.2, 0) is 22.6 Å². The zero-order chi connectivity index (χ0) is 16.7. The molecule has 1 aliphatic carbocycles. The van der Waals surface area contributed by atoms with Gasteiger partial charge >= 0.3 is 0 Å². The molecule has 1 saturated heterocycles. The molecule has 5 nitrogen and oxygen atoms in total. The molecule has 0 spiro atoms. The quantitative estimate of drug-likeness (QED) is 0.907. The molecule has 2 aliphatic heterocycles. The van der Waals surface area contributed by atoms with E-state index in [-0.39, 0.29) is 23.9 Å². The van der Waals surface area contributed by atoms with Crippen molar-refractivity contribution in [2.75, 3.05) is 13.1 Å². The van der Waals surface area contributed by atoms with Crippen molar-refractivity contribution in [2.24, 2.45) is 0 Å². The summed E-state index contributed by atoms with van der Waals surface area (Å²) < 4.78 is 0. The summed E-state index contributed by atoms with van der Waals surface area (Å²) in [5, 5.41) is 2.99. The Labute approximate surface area is 143 Å². The van der Waals surface area contributed by atoms with Gasteiger partial charge in [0.15, 0.2) is 0 Å². The molecule has 1 aromatic carbocycles. The topological polar surface area (TPSA) is 52.7 Å². The molecule has 4 rings (SSSR count). The lowest BCUT2D eigenvalue weighted by molar-refractivity contribution is -0.134. The molecule has 0 radical (unpaired) electrons. The third kappa shape index (κ3) is 2.93. The van der Waals surface area contributed by atoms with Gasteiger partial charge in [0.25, 0.3) is 0 Å². The van der Waals surface area contributed by atoms with Crippen molar-refractivity contribution in [2.45, 2.75) is 57.3 Å². The van der Waals surface area contributed by atoms with Gasteiger partial charge in [0, 0.05) is 25.7 Å². The maximum Gasteiger partial charge on any atom is 0.245 e. The van der Waals surface area contributed by atoms with Gasteiger partial charge in [0.2, 0.25) is 11.8 Å². The lowest BCUT2D eigenvalue weighted by Gasteiger charge is -2.33. The Morgan fingerprint density at radius 2 is 1.92 bits per heavy atom. The number of carbonyl (C=O) groups excluding carboxylic acids is 2. The normalized spacial score (nSPS) is 25.5. The number of benzene rings is 1. The number of hydrogen-bond acceptors (Lipinski definition) is 3. The van der Waals surface area contributed by atoms with Gasteiger partial charge in [-0.1, -0.05) is 24.3 Å². The molecular formula is C19H25N3O2. The van der Waals surface area contributed by atoms with E-state index in [1.165, 1.54) is 11.1 Å². The second-order valence-corrected chi connectivity index (χ2v) is 7.28. The smallest absolute Gasteiger partial charge is 0.245 e. The summed E-state index contributed by atoms with van der Waals surface area (Å²) in [6.07, 6.45) is 3.97. The zero-order valence-electron chi connectivity index (χ0n) is 14.2. The van der Waals surface area contributed by atoms with Crippen molar-refractivity contribution in [3.05, 3.63) is 35.4 Å². The van der Waals surface area contributed by atoms with Crippen molar-refractivity contribution >= 4 is 11.8 Å². The average Bonchev–Trinajstić information content (AvgIpc) is 3.39. The van der Waals surface area contributed by atoms with Crippen LogP contribution in [0, 0.1) is 0 Å². The molecule has 2 amide bonds. The molecule has 1 N–H and O–H groups in total. The summed E-state index contributed by atoms with van der Waals surface area (Å²) >= 11 is 0. The van der Waals surface area contributed by atoms with Gasteiger partial charge < -0.3 is 10.2 Å². The summed E-state index contributed by atoms with van der Waals surface area (Å²) in [6, 6.07) is 8.34. The molecule has 1 saturated carbocycles. The number of amides is 2. The van der Waals surface area contributed by atoms with E-state index in [1.54, 1.807) is 0 Å². The van der Waals surface area contributed by atoms with Crippen LogP contribution in [0.4, 0.5) is 0 Å². The lowest BCUT2D eigenvalue weighted by Crippen LogP contribution is -2.51. The largest absolute Gasteiger partial charge is 0.343 e. The molecule has 0 bridgehead atoms. The lowest BCUT2D eigenvalue weighted by atomic mass is 9.98. The fourth-order valence-electron chi connectivity index (χ4n) is 3.89. The SMILES string of the molecule is C[C@H](C(=O)N[C@H]1CCN(C2CC2)C1=O)N1CCc2ccccc2C1. The Hall–Kier alpha value is -1.88. The number of fused-ring (bicyclic) bond motifs is 1. The minimum Gasteiger partial charge on any atom is -0.343 e. The van der Waals surface area contributed by atoms with Crippen molar-refractivity contribution < 1.29 is 9.59 Å². The Morgan fingerprint density at radius 1 is 1.17 bits per heavy atom. The molecule has 2 heterocycles. The Morgan fingerprint density at radius 3 is 2.67 bits per heavy atom. The number of likely N-dealkylation sites (tertiary alicyclic amines) is 1. The maximum atomic E-state index is 12.6. The second-order valence-electron chi connectivity index (χ2n) is 7.28. The van der Waals surface area contributed by atoms with Crippen molar-refractivity contribution in [3.63, 3.8) is 0 Å². The van der Waals surface area contributed by atoms with Gasteiger partial charge in [-0.25, -0.2) is 0 Å². The van der Waals surface area contributed by atoms with Crippen LogP contribution in [-0.4, -0.2) is 52.8 Å². The monoisotopic (exact) mass is 327 g/mol. The van der Waals surface area contributed by atoms with Crippen LogP contribution in [0.3, 0.4) is 0 Å².